The summed E-state index contributed by atoms with van der Waals surface area (Å²) in [6.07, 6.45) is -8.34. The summed E-state index contributed by atoms with van der Waals surface area (Å²) in [5, 5.41) is 3.09. The highest BCUT2D eigenvalue weighted by atomic mass is 32.2. The van der Waals surface area contributed by atoms with Gasteiger partial charge in [0.15, 0.2) is 4.90 Å². The van der Waals surface area contributed by atoms with Crippen molar-refractivity contribution in [2.45, 2.75) is 23.7 Å². The third-order valence-electron chi connectivity index (χ3n) is 2.49. The fourth-order valence-electron chi connectivity index (χ4n) is 1.46. The van der Waals surface area contributed by atoms with Crippen LogP contribution in [-0.2, 0) is 23.5 Å². The van der Waals surface area contributed by atoms with Crippen molar-refractivity contribution in [2.24, 2.45) is 4.99 Å². The van der Waals surface area contributed by atoms with Gasteiger partial charge in [-0.3, -0.25) is 0 Å². The number of aliphatic imine (C=N–C) groups is 1. The van der Waals surface area contributed by atoms with Crippen LogP contribution < -0.4 is 0 Å². The molecule has 0 spiro atoms. The molecule has 1 unspecified atom stereocenters. The van der Waals surface area contributed by atoms with Gasteiger partial charge in [-0.15, -0.1) is 0 Å². The predicted molar refractivity (Wildman–Crippen MR) is 76.5 cm³/mol. The van der Waals surface area contributed by atoms with Crippen LogP contribution in [0.4, 0.5) is 26.3 Å². The molecule has 0 saturated heterocycles. The standard InChI is InChI=1S/C13H9F6NOS2/c14-12(15,16)9-5-10(13(17,18)19)7-11(6-9)23(21)4-2-1-3-20-8-22/h2,4-7H,1,3H2. The molecule has 2 nitrogen and oxygen atoms in total. The fourth-order valence-corrected chi connectivity index (χ4v) is 2.51. The quantitative estimate of drug-likeness (QED) is 0.243. The van der Waals surface area contributed by atoms with E-state index in [1.165, 1.54) is 6.08 Å². The largest absolute Gasteiger partial charge is 0.607 e. The van der Waals surface area contributed by atoms with Crippen molar-refractivity contribution in [3.05, 3.63) is 40.8 Å². The van der Waals surface area contributed by atoms with Gasteiger partial charge in [0.2, 0.25) is 0 Å². The van der Waals surface area contributed by atoms with Gasteiger partial charge in [0.25, 0.3) is 0 Å². The molecule has 0 aromatic heterocycles. The maximum atomic E-state index is 12.7. The monoisotopic (exact) mass is 373 g/mol. The lowest BCUT2D eigenvalue weighted by Crippen LogP contribution is -2.13. The molecule has 0 saturated carbocycles. The molecule has 0 N–H and O–H groups in total. The first-order valence-electron chi connectivity index (χ1n) is 5.96. The molecule has 1 aromatic carbocycles. The Hall–Kier alpha value is -1.35. The topological polar surface area (TPSA) is 35.4 Å². The van der Waals surface area contributed by atoms with Crippen LogP contribution in [0.15, 0.2) is 39.6 Å². The lowest BCUT2D eigenvalue weighted by molar-refractivity contribution is -0.143. The Labute approximate surface area is 136 Å². The fraction of sp³-hybridized carbons (Fsp3) is 0.308. The molecule has 126 valence electrons. The number of thiocarbonyl (C=S) groups is 1. The Kier molecular flexibility index (Phi) is 6.82. The van der Waals surface area contributed by atoms with Crippen molar-refractivity contribution in [1.29, 1.82) is 0 Å². The molecule has 1 rings (SSSR count). The van der Waals surface area contributed by atoms with Crippen molar-refractivity contribution in [2.75, 3.05) is 6.54 Å². The highest BCUT2D eigenvalue weighted by molar-refractivity contribution is 7.94. The Bertz CT molecular complexity index is 588. The first-order valence-corrected chi connectivity index (χ1v) is 7.58. The second-order valence-corrected chi connectivity index (χ2v) is 5.69. The van der Waals surface area contributed by atoms with E-state index in [1.54, 1.807) is 0 Å². The molecule has 1 atom stereocenters. The first-order chi connectivity index (χ1) is 10.6. The van der Waals surface area contributed by atoms with E-state index in [1.807, 2.05) is 0 Å². The second-order valence-electron chi connectivity index (χ2n) is 4.17. The number of hydrogen-bond acceptors (Lipinski definition) is 3. The number of isothiocyanates is 1. The van der Waals surface area contributed by atoms with E-state index < -0.39 is 39.6 Å². The van der Waals surface area contributed by atoms with Crippen LogP contribution in [0.3, 0.4) is 0 Å². The maximum Gasteiger partial charge on any atom is 0.416 e. The van der Waals surface area contributed by atoms with Gasteiger partial charge in [-0.25, -0.2) is 4.99 Å². The average Bonchev–Trinajstić information content (AvgIpc) is 2.44. The predicted octanol–water partition coefficient (Wildman–Crippen LogP) is 4.84. The highest BCUT2D eigenvalue weighted by Gasteiger charge is 2.38. The number of alkyl halides is 6. The van der Waals surface area contributed by atoms with Gasteiger partial charge in [0, 0.05) is 23.3 Å². The summed E-state index contributed by atoms with van der Waals surface area (Å²) in [6.45, 7) is 0.230. The molecule has 0 fully saturated rings. The molecule has 0 radical (unpaired) electrons. The number of rotatable bonds is 5. The summed E-state index contributed by atoms with van der Waals surface area (Å²) in [5.41, 5.74) is -3.01. The van der Waals surface area contributed by atoms with Crippen molar-refractivity contribution in [1.82, 2.24) is 0 Å². The van der Waals surface area contributed by atoms with Crippen LogP contribution in [0.2, 0.25) is 0 Å². The third-order valence-corrected chi connectivity index (χ3v) is 3.75. The van der Waals surface area contributed by atoms with Crippen LogP contribution in [0.5, 0.6) is 0 Å². The zero-order valence-corrected chi connectivity index (χ0v) is 12.9. The molecule has 1 aromatic rings. The van der Waals surface area contributed by atoms with E-state index >= 15 is 0 Å². The molecular weight excluding hydrogens is 364 g/mol. The summed E-state index contributed by atoms with van der Waals surface area (Å²) in [5.74, 6) is 0. The van der Waals surface area contributed by atoms with E-state index in [9.17, 15) is 30.9 Å². The van der Waals surface area contributed by atoms with E-state index in [0.717, 1.165) is 5.41 Å². The molecule has 0 bridgehead atoms. The third kappa shape index (κ3) is 6.34. The summed E-state index contributed by atoms with van der Waals surface area (Å²) < 4.78 is 87.9. The van der Waals surface area contributed by atoms with Crippen LogP contribution in [-0.4, -0.2) is 16.3 Å². The van der Waals surface area contributed by atoms with E-state index in [2.05, 4.69) is 22.4 Å². The smallest absolute Gasteiger partial charge is 0.416 e. The zero-order valence-electron chi connectivity index (χ0n) is 11.2. The van der Waals surface area contributed by atoms with E-state index in [0.29, 0.717) is 12.1 Å². The summed E-state index contributed by atoms with van der Waals surface area (Å²) in [6, 6.07) is 0.855. The molecule has 0 heterocycles. The van der Waals surface area contributed by atoms with Crippen molar-refractivity contribution in [3.8, 4) is 0 Å². The van der Waals surface area contributed by atoms with Gasteiger partial charge in [0.1, 0.15) is 5.41 Å². The van der Waals surface area contributed by atoms with Crippen LogP contribution in [0, 0.1) is 0 Å². The first kappa shape index (κ1) is 19.7. The van der Waals surface area contributed by atoms with E-state index in [-0.39, 0.29) is 19.0 Å². The minimum absolute atomic E-state index is 0.0153. The van der Waals surface area contributed by atoms with Crippen LogP contribution >= 0.6 is 12.2 Å². The normalized spacial score (nSPS) is 13.9. The maximum absolute atomic E-state index is 12.7. The molecule has 0 aliphatic heterocycles. The van der Waals surface area contributed by atoms with Crippen molar-refractivity contribution in [3.63, 3.8) is 0 Å². The Morgan fingerprint density at radius 2 is 1.61 bits per heavy atom. The van der Waals surface area contributed by atoms with Gasteiger partial charge in [-0.05, 0) is 30.8 Å². The molecule has 10 heteroatoms. The minimum atomic E-state index is -4.97. The second kappa shape index (κ2) is 7.96. The van der Waals surface area contributed by atoms with Gasteiger partial charge >= 0.3 is 12.4 Å². The lowest BCUT2D eigenvalue weighted by atomic mass is 10.1. The van der Waals surface area contributed by atoms with Gasteiger partial charge < -0.3 is 4.55 Å². The summed E-state index contributed by atoms with van der Waals surface area (Å²) in [7, 11) is 0. The van der Waals surface area contributed by atoms with E-state index in [4.69, 9.17) is 0 Å². The van der Waals surface area contributed by atoms with Crippen LogP contribution in [0.1, 0.15) is 17.5 Å². The Balaban J connectivity index is 3.11. The molecule has 0 aliphatic carbocycles. The SMILES string of the molecule is [O-][S+](C=CCCN=C=S)c1cc(C(F)(F)F)cc(C(F)(F)F)c1. The zero-order chi connectivity index (χ0) is 17.7. The molecule has 0 amide bonds. The molecular formula is C13H9F6NOS2. The number of hydrogen-bond donors (Lipinski definition) is 0. The summed E-state index contributed by atoms with van der Waals surface area (Å²) in [4.78, 5) is 2.97. The number of halogens is 6. The van der Waals surface area contributed by atoms with Crippen molar-refractivity contribution >= 4 is 28.6 Å². The highest BCUT2D eigenvalue weighted by Crippen LogP contribution is 2.37. The minimum Gasteiger partial charge on any atom is -0.607 e. The molecule has 0 aliphatic rings. The van der Waals surface area contributed by atoms with Gasteiger partial charge in [-0.2, -0.15) is 26.3 Å². The average molecular weight is 373 g/mol. The summed E-state index contributed by atoms with van der Waals surface area (Å²) >= 11 is 2.17. The Morgan fingerprint density at radius 3 is 2.04 bits per heavy atom. The lowest BCUT2D eigenvalue weighted by Gasteiger charge is -2.14. The number of nitrogens with zero attached hydrogens (tertiary/aromatic N) is 1. The van der Waals surface area contributed by atoms with Gasteiger partial charge in [0.05, 0.1) is 22.8 Å². The van der Waals surface area contributed by atoms with Crippen molar-refractivity contribution < 1.29 is 30.9 Å². The van der Waals surface area contributed by atoms with Crippen LogP contribution in [0.25, 0.3) is 0 Å². The Morgan fingerprint density at radius 1 is 1.09 bits per heavy atom. The number of benzene rings is 1. The van der Waals surface area contributed by atoms with Gasteiger partial charge in [-0.1, -0.05) is 0 Å². The molecule has 23 heavy (non-hydrogen) atoms.